The van der Waals surface area contributed by atoms with Gasteiger partial charge in [-0.15, -0.1) is 0 Å². The molecule has 2 aliphatic heterocycles. The predicted molar refractivity (Wildman–Crippen MR) is 131 cm³/mol. The van der Waals surface area contributed by atoms with Crippen LogP contribution in [0, 0.1) is 6.92 Å². The molecule has 0 saturated carbocycles. The Morgan fingerprint density at radius 1 is 1.22 bits per heavy atom. The monoisotopic (exact) mass is 557 g/mol. The highest BCUT2D eigenvalue weighted by Gasteiger charge is 2.62. The van der Waals surface area contributed by atoms with Gasteiger partial charge in [0.1, 0.15) is 12.6 Å². The van der Waals surface area contributed by atoms with E-state index in [4.69, 9.17) is 32.9 Å². The highest BCUT2D eigenvalue weighted by molar-refractivity contribution is 6.34. The van der Waals surface area contributed by atoms with E-state index in [1.807, 2.05) is 6.92 Å². The molecule has 198 valence electrons. The van der Waals surface area contributed by atoms with Crippen molar-refractivity contribution in [1.82, 2.24) is 10.4 Å². The lowest BCUT2D eigenvalue weighted by molar-refractivity contribution is -0.275. The van der Waals surface area contributed by atoms with E-state index < -0.39 is 30.1 Å². The van der Waals surface area contributed by atoms with E-state index in [2.05, 4.69) is 10.5 Å². The van der Waals surface area contributed by atoms with E-state index in [1.54, 1.807) is 13.0 Å². The molecule has 37 heavy (non-hydrogen) atoms. The molecule has 1 saturated heterocycles. The molecule has 7 nitrogen and oxygen atoms in total. The summed E-state index contributed by atoms with van der Waals surface area (Å²) in [6.45, 7) is 4.11. The standard InChI is InChI=1S/C25H24Cl2F3N3O4/c1-3-4-7-33-23(35)21(13-36-33)31-22(34)19-6-5-15(8-14(19)2)20-12-24(37-32-20,25(28,29)30)16-9-17(26)11-18(27)10-16/h5-6,8-11,21H,3-4,7,12-13H2,1-2H3,(H,31,34). The molecule has 0 radical (unpaired) electrons. The van der Waals surface area contributed by atoms with Gasteiger partial charge in [0.15, 0.2) is 0 Å². The van der Waals surface area contributed by atoms with Crippen LogP contribution in [-0.4, -0.2) is 48.0 Å². The third-order valence-corrected chi connectivity index (χ3v) is 6.72. The predicted octanol–water partition coefficient (Wildman–Crippen LogP) is 5.56. The number of rotatable bonds is 7. The van der Waals surface area contributed by atoms with Crippen molar-refractivity contribution < 1.29 is 32.4 Å². The number of benzene rings is 2. The zero-order chi connectivity index (χ0) is 27.0. The number of hydrogen-bond donors (Lipinski definition) is 1. The Labute approximate surface area is 221 Å². The van der Waals surface area contributed by atoms with Crippen molar-refractivity contribution >= 4 is 40.7 Å². The number of nitrogens with one attached hydrogen (secondary N) is 1. The highest BCUT2D eigenvalue weighted by Crippen LogP contribution is 2.49. The van der Waals surface area contributed by atoms with Gasteiger partial charge in [0.05, 0.1) is 5.71 Å². The van der Waals surface area contributed by atoms with Gasteiger partial charge in [-0.3, -0.25) is 14.4 Å². The maximum atomic E-state index is 14.2. The Balaban J connectivity index is 1.51. The van der Waals surface area contributed by atoms with E-state index in [1.165, 1.54) is 23.3 Å². The van der Waals surface area contributed by atoms with Gasteiger partial charge in [0.2, 0.25) is 0 Å². The van der Waals surface area contributed by atoms with Gasteiger partial charge >= 0.3 is 6.18 Å². The summed E-state index contributed by atoms with van der Waals surface area (Å²) in [5.41, 5.74) is -1.85. The van der Waals surface area contributed by atoms with Crippen LogP contribution in [0.1, 0.15) is 53.2 Å². The van der Waals surface area contributed by atoms with Gasteiger partial charge in [0.25, 0.3) is 17.4 Å². The molecule has 2 unspecified atom stereocenters. The maximum Gasteiger partial charge on any atom is 0.435 e. The minimum atomic E-state index is -4.82. The fourth-order valence-corrected chi connectivity index (χ4v) is 4.76. The summed E-state index contributed by atoms with van der Waals surface area (Å²) in [5, 5.41) is 7.73. The molecule has 2 aliphatic rings. The fraction of sp³-hybridized carbons (Fsp3) is 0.400. The number of aryl methyl sites for hydroxylation is 1. The van der Waals surface area contributed by atoms with Crippen LogP contribution in [0.15, 0.2) is 41.6 Å². The Morgan fingerprint density at radius 3 is 2.54 bits per heavy atom. The van der Waals surface area contributed by atoms with Crippen molar-refractivity contribution in [2.75, 3.05) is 13.2 Å². The average molecular weight is 558 g/mol. The Bertz CT molecular complexity index is 1230. The quantitative estimate of drug-likeness (QED) is 0.483. The summed E-state index contributed by atoms with van der Waals surface area (Å²) in [4.78, 5) is 35.7. The second-order valence-corrected chi connectivity index (χ2v) is 9.81. The molecule has 0 spiro atoms. The Hall–Kier alpha value is -2.82. The summed E-state index contributed by atoms with van der Waals surface area (Å²) in [5.74, 6) is -0.815. The molecular formula is C25H24Cl2F3N3O4. The van der Waals surface area contributed by atoms with Gasteiger partial charge in [0, 0.05) is 34.1 Å². The van der Waals surface area contributed by atoms with Crippen molar-refractivity contribution in [3.8, 4) is 0 Å². The molecule has 2 amide bonds. The van der Waals surface area contributed by atoms with Gasteiger partial charge in [-0.25, -0.2) is 5.06 Å². The number of hydrogen-bond acceptors (Lipinski definition) is 5. The van der Waals surface area contributed by atoms with Crippen LogP contribution in [0.2, 0.25) is 10.0 Å². The molecule has 4 rings (SSSR count). The molecule has 1 N–H and O–H groups in total. The number of nitrogens with zero attached hydrogens (tertiary/aromatic N) is 2. The molecule has 1 fully saturated rings. The zero-order valence-electron chi connectivity index (χ0n) is 20.0. The zero-order valence-corrected chi connectivity index (χ0v) is 21.5. The van der Waals surface area contributed by atoms with Crippen LogP contribution in [0.4, 0.5) is 13.2 Å². The number of halogens is 5. The summed E-state index contributed by atoms with van der Waals surface area (Å²) in [6, 6.07) is 7.32. The van der Waals surface area contributed by atoms with E-state index in [9.17, 15) is 22.8 Å². The van der Waals surface area contributed by atoms with Crippen molar-refractivity contribution in [2.24, 2.45) is 5.16 Å². The van der Waals surface area contributed by atoms with Crippen LogP contribution < -0.4 is 5.32 Å². The largest absolute Gasteiger partial charge is 0.435 e. The van der Waals surface area contributed by atoms with Gasteiger partial charge < -0.3 is 10.2 Å². The highest BCUT2D eigenvalue weighted by atomic mass is 35.5. The number of alkyl halides is 3. The van der Waals surface area contributed by atoms with E-state index in [0.29, 0.717) is 17.7 Å². The fourth-order valence-electron chi connectivity index (χ4n) is 4.23. The number of unbranched alkanes of at least 4 members (excludes halogenated alkanes) is 1. The van der Waals surface area contributed by atoms with Gasteiger partial charge in [-0.1, -0.05) is 47.8 Å². The number of oxime groups is 1. The van der Waals surface area contributed by atoms with Crippen molar-refractivity contribution in [3.63, 3.8) is 0 Å². The SMILES string of the molecule is CCCCN1OCC(NC(=O)c2ccc(C3=NOC(c4cc(Cl)cc(Cl)c4)(C(F)(F)F)C3)cc2C)C1=O. The maximum absolute atomic E-state index is 14.2. The lowest BCUT2D eigenvalue weighted by atomic mass is 9.86. The lowest BCUT2D eigenvalue weighted by Gasteiger charge is -2.29. The molecule has 2 atom stereocenters. The average Bonchev–Trinajstić information content (AvgIpc) is 3.42. The third-order valence-electron chi connectivity index (χ3n) is 6.28. The molecule has 0 bridgehead atoms. The summed E-state index contributed by atoms with van der Waals surface area (Å²) in [7, 11) is 0. The molecule has 0 aromatic heterocycles. The number of hydroxylamine groups is 2. The second kappa shape index (κ2) is 10.5. The van der Waals surface area contributed by atoms with Crippen LogP contribution in [0.25, 0.3) is 0 Å². The molecule has 2 aromatic rings. The number of carbonyl (C=O) groups excluding carboxylic acids is 2. The van der Waals surface area contributed by atoms with E-state index in [0.717, 1.165) is 25.0 Å². The first-order valence-corrected chi connectivity index (χ1v) is 12.4. The van der Waals surface area contributed by atoms with Crippen molar-refractivity contribution in [1.29, 1.82) is 0 Å². The smallest absolute Gasteiger partial charge is 0.374 e. The summed E-state index contributed by atoms with van der Waals surface area (Å²) < 4.78 is 42.7. The van der Waals surface area contributed by atoms with Crippen molar-refractivity contribution in [2.45, 2.75) is 50.9 Å². The second-order valence-electron chi connectivity index (χ2n) is 8.93. The molecule has 2 heterocycles. The molecule has 12 heteroatoms. The van der Waals surface area contributed by atoms with Crippen LogP contribution in [-0.2, 0) is 20.1 Å². The number of amides is 2. The molecular weight excluding hydrogens is 534 g/mol. The molecule has 0 aliphatic carbocycles. The topological polar surface area (TPSA) is 80.2 Å². The van der Waals surface area contributed by atoms with Crippen LogP contribution in [0.5, 0.6) is 0 Å². The lowest BCUT2D eigenvalue weighted by Crippen LogP contribution is -2.43. The van der Waals surface area contributed by atoms with Crippen molar-refractivity contribution in [3.05, 3.63) is 68.7 Å². The molecule has 2 aromatic carbocycles. The Kier molecular flexibility index (Phi) is 7.73. The number of carbonyl (C=O) groups is 2. The minimum Gasteiger partial charge on any atom is -0.374 e. The first-order valence-electron chi connectivity index (χ1n) is 11.6. The summed E-state index contributed by atoms with van der Waals surface area (Å²) in [6.07, 6.45) is -3.76. The minimum absolute atomic E-state index is 0.0343. The first kappa shape index (κ1) is 27.2. The Morgan fingerprint density at radius 2 is 1.92 bits per heavy atom. The first-order chi connectivity index (χ1) is 17.4. The van der Waals surface area contributed by atoms with Crippen LogP contribution >= 0.6 is 23.2 Å². The summed E-state index contributed by atoms with van der Waals surface area (Å²) >= 11 is 11.9. The van der Waals surface area contributed by atoms with E-state index in [-0.39, 0.29) is 39.4 Å². The van der Waals surface area contributed by atoms with Gasteiger partial charge in [-0.05, 0) is 54.8 Å². The van der Waals surface area contributed by atoms with Gasteiger partial charge in [-0.2, -0.15) is 13.2 Å². The third kappa shape index (κ3) is 5.42. The van der Waals surface area contributed by atoms with E-state index >= 15 is 0 Å². The normalized spacial score (nSPS) is 21.7. The van der Waals surface area contributed by atoms with Crippen LogP contribution in [0.3, 0.4) is 0 Å².